The van der Waals surface area contributed by atoms with Crippen LogP contribution in [0.1, 0.15) is 25.5 Å². The Morgan fingerprint density at radius 3 is 2.94 bits per heavy atom. The molecule has 0 saturated carbocycles. The highest BCUT2D eigenvalue weighted by atomic mass is 16.6. The molecule has 92 valence electrons. The van der Waals surface area contributed by atoms with Crippen LogP contribution in [-0.4, -0.2) is 17.5 Å². The fourth-order valence-corrected chi connectivity index (χ4v) is 1.05. The Bertz CT molecular complexity index is 421. The quantitative estimate of drug-likeness (QED) is 0.250. The number of carbonyl (C=O) groups excluding carboxylic acids is 1. The minimum atomic E-state index is -0.642. The van der Waals surface area contributed by atoms with Crippen molar-refractivity contribution in [3.05, 3.63) is 34.1 Å². The SMILES string of the molecule is CCCCOC(=O)C=Cc1ccc([N+](=O)[O-])o1. The molecule has 0 unspecified atom stereocenters. The molecule has 0 spiro atoms. The molecule has 17 heavy (non-hydrogen) atoms. The van der Waals surface area contributed by atoms with Gasteiger partial charge in [0, 0.05) is 6.08 Å². The maximum absolute atomic E-state index is 11.1. The van der Waals surface area contributed by atoms with Crippen molar-refractivity contribution < 1.29 is 18.9 Å². The number of furan rings is 1. The van der Waals surface area contributed by atoms with Gasteiger partial charge in [0.15, 0.2) is 0 Å². The van der Waals surface area contributed by atoms with Crippen molar-refractivity contribution >= 4 is 17.9 Å². The van der Waals surface area contributed by atoms with E-state index in [9.17, 15) is 14.9 Å². The minimum Gasteiger partial charge on any atom is -0.463 e. The van der Waals surface area contributed by atoms with Gasteiger partial charge in [0.1, 0.15) is 10.7 Å². The van der Waals surface area contributed by atoms with E-state index >= 15 is 0 Å². The van der Waals surface area contributed by atoms with Gasteiger partial charge in [0.2, 0.25) is 0 Å². The lowest BCUT2D eigenvalue weighted by atomic mass is 10.3. The number of hydrogen-bond donors (Lipinski definition) is 0. The van der Waals surface area contributed by atoms with Gasteiger partial charge in [0.05, 0.1) is 12.7 Å². The van der Waals surface area contributed by atoms with Gasteiger partial charge in [0.25, 0.3) is 0 Å². The molecule has 0 aliphatic carbocycles. The number of esters is 1. The topological polar surface area (TPSA) is 82.6 Å². The molecular formula is C11H13NO5. The van der Waals surface area contributed by atoms with Crippen molar-refractivity contribution in [3.8, 4) is 0 Å². The summed E-state index contributed by atoms with van der Waals surface area (Å²) >= 11 is 0. The summed E-state index contributed by atoms with van der Waals surface area (Å²) in [7, 11) is 0. The minimum absolute atomic E-state index is 0.240. The summed E-state index contributed by atoms with van der Waals surface area (Å²) in [6.07, 6.45) is 4.27. The molecule has 0 aliphatic rings. The average molecular weight is 239 g/mol. The van der Waals surface area contributed by atoms with E-state index in [1.807, 2.05) is 6.92 Å². The molecule has 0 aliphatic heterocycles. The number of unbranched alkanes of at least 4 members (excludes halogenated alkanes) is 1. The molecule has 0 fully saturated rings. The molecule has 0 bridgehead atoms. The number of ether oxygens (including phenoxy) is 1. The largest absolute Gasteiger partial charge is 0.463 e. The predicted molar refractivity (Wildman–Crippen MR) is 60.3 cm³/mol. The van der Waals surface area contributed by atoms with Crippen molar-refractivity contribution in [2.75, 3.05) is 6.61 Å². The summed E-state index contributed by atoms with van der Waals surface area (Å²) in [4.78, 5) is 20.8. The zero-order valence-corrected chi connectivity index (χ0v) is 9.42. The fourth-order valence-electron chi connectivity index (χ4n) is 1.05. The molecule has 0 amide bonds. The van der Waals surface area contributed by atoms with E-state index in [1.54, 1.807) is 0 Å². The van der Waals surface area contributed by atoms with E-state index in [2.05, 4.69) is 0 Å². The van der Waals surface area contributed by atoms with E-state index < -0.39 is 10.9 Å². The van der Waals surface area contributed by atoms with Gasteiger partial charge in [-0.05, 0) is 18.6 Å². The Kier molecular flexibility index (Phi) is 4.93. The highest BCUT2D eigenvalue weighted by Crippen LogP contribution is 2.16. The van der Waals surface area contributed by atoms with Crippen LogP contribution in [0.4, 0.5) is 5.88 Å². The predicted octanol–water partition coefficient (Wildman–Crippen LogP) is 2.54. The summed E-state index contributed by atoms with van der Waals surface area (Å²) in [6, 6.07) is 2.63. The molecular weight excluding hydrogens is 226 g/mol. The van der Waals surface area contributed by atoms with Crippen LogP contribution in [0.5, 0.6) is 0 Å². The van der Waals surface area contributed by atoms with Gasteiger partial charge in [-0.1, -0.05) is 13.3 Å². The second-order valence-electron chi connectivity index (χ2n) is 3.29. The summed E-state index contributed by atoms with van der Waals surface area (Å²) in [5.41, 5.74) is 0. The van der Waals surface area contributed by atoms with Crippen molar-refractivity contribution in [2.24, 2.45) is 0 Å². The number of carbonyl (C=O) groups is 1. The van der Waals surface area contributed by atoms with E-state index in [0.29, 0.717) is 6.61 Å². The van der Waals surface area contributed by atoms with Crippen LogP contribution >= 0.6 is 0 Å². The lowest BCUT2D eigenvalue weighted by Crippen LogP contribution is -2.01. The third-order valence-electron chi connectivity index (χ3n) is 1.92. The van der Waals surface area contributed by atoms with Crippen molar-refractivity contribution in [2.45, 2.75) is 19.8 Å². The maximum atomic E-state index is 11.1. The normalized spacial score (nSPS) is 10.6. The van der Waals surface area contributed by atoms with Gasteiger partial charge in [-0.3, -0.25) is 10.1 Å². The monoisotopic (exact) mass is 239 g/mol. The highest BCUT2D eigenvalue weighted by Gasteiger charge is 2.10. The van der Waals surface area contributed by atoms with Gasteiger partial charge in [-0.25, -0.2) is 4.79 Å². The molecule has 1 aromatic rings. The van der Waals surface area contributed by atoms with Crippen LogP contribution in [0.25, 0.3) is 6.08 Å². The molecule has 6 heteroatoms. The first kappa shape index (κ1) is 13.0. The second kappa shape index (κ2) is 6.47. The van der Waals surface area contributed by atoms with E-state index in [1.165, 1.54) is 24.3 Å². The Morgan fingerprint density at radius 2 is 2.35 bits per heavy atom. The second-order valence-corrected chi connectivity index (χ2v) is 3.29. The number of nitrogens with zero attached hydrogens (tertiary/aromatic N) is 1. The highest BCUT2D eigenvalue weighted by molar-refractivity contribution is 5.86. The Hall–Kier alpha value is -2.11. The molecule has 1 rings (SSSR count). The fraction of sp³-hybridized carbons (Fsp3) is 0.364. The maximum Gasteiger partial charge on any atom is 0.433 e. The molecule has 0 N–H and O–H groups in total. The van der Waals surface area contributed by atoms with Gasteiger partial charge >= 0.3 is 11.9 Å². The summed E-state index contributed by atoms with van der Waals surface area (Å²) in [6.45, 7) is 2.36. The molecule has 1 heterocycles. The first-order valence-electron chi connectivity index (χ1n) is 5.22. The molecule has 1 aromatic heterocycles. The van der Waals surface area contributed by atoms with Gasteiger partial charge in [-0.2, -0.15) is 0 Å². The third-order valence-corrected chi connectivity index (χ3v) is 1.92. The lowest BCUT2D eigenvalue weighted by molar-refractivity contribution is -0.402. The first-order valence-corrected chi connectivity index (χ1v) is 5.22. The third kappa shape index (κ3) is 4.50. The number of nitro groups is 1. The molecule has 0 atom stereocenters. The Balaban J connectivity index is 2.46. The molecule has 6 nitrogen and oxygen atoms in total. The molecule has 0 saturated heterocycles. The summed E-state index contributed by atoms with van der Waals surface area (Å²) < 4.78 is 9.68. The van der Waals surface area contributed by atoms with Gasteiger partial charge in [-0.15, -0.1) is 0 Å². The van der Waals surface area contributed by atoms with Crippen LogP contribution in [0.3, 0.4) is 0 Å². The lowest BCUT2D eigenvalue weighted by Gasteiger charge is -1.98. The zero-order chi connectivity index (χ0) is 12.7. The van der Waals surface area contributed by atoms with Crippen molar-refractivity contribution in [3.63, 3.8) is 0 Å². The standard InChI is InChI=1S/C11H13NO5/c1-2-3-8-16-11(13)7-5-9-4-6-10(17-9)12(14)15/h4-7H,2-3,8H2,1H3. The Morgan fingerprint density at radius 1 is 1.59 bits per heavy atom. The first-order chi connectivity index (χ1) is 8.13. The average Bonchev–Trinajstić information content (AvgIpc) is 2.75. The Labute approximate surface area is 98.0 Å². The van der Waals surface area contributed by atoms with Crippen LogP contribution < -0.4 is 0 Å². The number of rotatable bonds is 6. The van der Waals surface area contributed by atoms with Crippen molar-refractivity contribution in [1.82, 2.24) is 0 Å². The molecule has 0 aromatic carbocycles. The summed E-state index contributed by atoms with van der Waals surface area (Å²) in [5.74, 6) is -0.606. The molecule has 0 radical (unpaired) electrons. The van der Waals surface area contributed by atoms with Crippen LogP contribution in [-0.2, 0) is 9.53 Å². The van der Waals surface area contributed by atoms with E-state index in [0.717, 1.165) is 12.8 Å². The van der Waals surface area contributed by atoms with Crippen molar-refractivity contribution in [1.29, 1.82) is 0 Å². The zero-order valence-electron chi connectivity index (χ0n) is 9.42. The smallest absolute Gasteiger partial charge is 0.433 e. The summed E-state index contributed by atoms with van der Waals surface area (Å²) in [5, 5.41) is 10.3. The number of hydrogen-bond acceptors (Lipinski definition) is 5. The van der Waals surface area contributed by atoms with Gasteiger partial charge < -0.3 is 9.15 Å². The van der Waals surface area contributed by atoms with Crippen LogP contribution in [0.2, 0.25) is 0 Å². The van der Waals surface area contributed by atoms with Crippen LogP contribution in [0, 0.1) is 10.1 Å². The van der Waals surface area contributed by atoms with E-state index in [-0.39, 0.29) is 11.6 Å². The van der Waals surface area contributed by atoms with Crippen LogP contribution in [0.15, 0.2) is 22.6 Å². The van der Waals surface area contributed by atoms with E-state index in [4.69, 9.17) is 9.15 Å².